The van der Waals surface area contributed by atoms with Crippen molar-refractivity contribution in [1.82, 2.24) is 4.57 Å². The first-order valence-electron chi connectivity index (χ1n) is 7.94. The fourth-order valence-electron chi connectivity index (χ4n) is 2.70. The Morgan fingerprint density at radius 3 is 2.52 bits per heavy atom. The molecule has 0 unspecified atom stereocenters. The summed E-state index contributed by atoms with van der Waals surface area (Å²) in [6.45, 7) is 2.04. The summed E-state index contributed by atoms with van der Waals surface area (Å²) in [5.41, 5.74) is 2.41. The Kier molecular flexibility index (Phi) is 5.19. The summed E-state index contributed by atoms with van der Waals surface area (Å²) in [6, 6.07) is 15.2. The Bertz CT molecular complexity index is 933. The Morgan fingerprint density at radius 2 is 1.76 bits per heavy atom. The van der Waals surface area contributed by atoms with E-state index in [-0.39, 0.29) is 11.8 Å². The average molecular weight is 400 g/mol. The topological polar surface area (TPSA) is 63.1 Å². The summed E-state index contributed by atoms with van der Waals surface area (Å²) < 4.78 is 3.11. The van der Waals surface area contributed by atoms with Crippen LogP contribution in [0, 0.1) is 0 Å². The van der Waals surface area contributed by atoms with Gasteiger partial charge in [0.2, 0.25) is 11.8 Å². The van der Waals surface area contributed by atoms with E-state index < -0.39 is 0 Å². The lowest BCUT2D eigenvalue weighted by molar-refractivity contribution is -0.116. The van der Waals surface area contributed by atoms with Crippen molar-refractivity contribution < 1.29 is 9.59 Å². The number of benzene rings is 2. The zero-order valence-electron chi connectivity index (χ0n) is 13.8. The van der Waals surface area contributed by atoms with Crippen molar-refractivity contribution in [2.45, 2.75) is 19.9 Å². The highest BCUT2D eigenvalue weighted by Gasteiger charge is 2.07. The maximum absolute atomic E-state index is 12.2. The molecule has 0 aliphatic rings. The van der Waals surface area contributed by atoms with Crippen LogP contribution in [-0.2, 0) is 16.1 Å². The average Bonchev–Trinajstić information content (AvgIpc) is 2.97. The summed E-state index contributed by atoms with van der Waals surface area (Å²) in [7, 11) is 0. The number of aromatic nitrogens is 1. The molecule has 2 N–H and O–H groups in total. The Balaban J connectivity index is 1.63. The second-order valence-electron chi connectivity index (χ2n) is 5.74. The summed E-state index contributed by atoms with van der Waals surface area (Å²) in [6.07, 6.45) is 2.35. The van der Waals surface area contributed by atoms with Gasteiger partial charge in [-0.1, -0.05) is 28.1 Å². The van der Waals surface area contributed by atoms with Crippen LogP contribution in [-0.4, -0.2) is 16.4 Å². The highest BCUT2D eigenvalue weighted by Crippen LogP contribution is 2.25. The number of hydrogen-bond acceptors (Lipinski definition) is 2. The van der Waals surface area contributed by atoms with Gasteiger partial charge in [-0.05, 0) is 36.4 Å². The summed E-state index contributed by atoms with van der Waals surface area (Å²) >= 11 is 3.54. The molecule has 0 aliphatic heterocycles. The number of fused-ring (bicyclic) bond motifs is 1. The zero-order valence-corrected chi connectivity index (χ0v) is 15.3. The van der Waals surface area contributed by atoms with Gasteiger partial charge in [-0.3, -0.25) is 9.59 Å². The van der Waals surface area contributed by atoms with Gasteiger partial charge >= 0.3 is 0 Å². The van der Waals surface area contributed by atoms with Crippen molar-refractivity contribution in [3.05, 3.63) is 59.2 Å². The number of aryl methyl sites for hydroxylation is 1. The quantitative estimate of drug-likeness (QED) is 0.667. The third-order valence-electron chi connectivity index (χ3n) is 3.81. The van der Waals surface area contributed by atoms with Crippen molar-refractivity contribution in [3.8, 4) is 0 Å². The van der Waals surface area contributed by atoms with Crippen molar-refractivity contribution in [3.63, 3.8) is 0 Å². The molecule has 0 radical (unpaired) electrons. The smallest absolute Gasteiger partial charge is 0.226 e. The molecule has 2 aromatic carbocycles. The molecule has 6 heteroatoms. The lowest BCUT2D eigenvalue weighted by atomic mass is 10.2. The van der Waals surface area contributed by atoms with Gasteiger partial charge in [0, 0.05) is 52.8 Å². The van der Waals surface area contributed by atoms with Gasteiger partial charge in [0.25, 0.3) is 0 Å². The largest absolute Gasteiger partial charge is 0.347 e. The third-order valence-corrected chi connectivity index (χ3v) is 4.50. The van der Waals surface area contributed by atoms with Crippen LogP contribution in [0.5, 0.6) is 0 Å². The molecule has 0 fully saturated rings. The van der Waals surface area contributed by atoms with Crippen molar-refractivity contribution in [2.75, 3.05) is 10.6 Å². The fourth-order valence-corrected chi connectivity index (χ4v) is 3.19. The molecular formula is C19H18BrN3O2. The Labute approximate surface area is 154 Å². The van der Waals surface area contributed by atoms with Gasteiger partial charge in [-0.25, -0.2) is 0 Å². The third kappa shape index (κ3) is 4.28. The van der Waals surface area contributed by atoms with E-state index in [1.54, 1.807) is 24.3 Å². The molecule has 5 nitrogen and oxygen atoms in total. The van der Waals surface area contributed by atoms with Crippen LogP contribution in [0.1, 0.15) is 13.3 Å². The van der Waals surface area contributed by atoms with Gasteiger partial charge in [-0.15, -0.1) is 0 Å². The first-order chi connectivity index (χ1) is 12.0. The first kappa shape index (κ1) is 17.2. The number of nitrogens with zero attached hydrogens (tertiary/aromatic N) is 1. The van der Waals surface area contributed by atoms with E-state index in [9.17, 15) is 9.59 Å². The molecule has 3 rings (SSSR count). The molecule has 0 saturated heterocycles. The van der Waals surface area contributed by atoms with E-state index in [2.05, 4.69) is 31.1 Å². The van der Waals surface area contributed by atoms with Crippen LogP contribution >= 0.6 is 15.9 Å². The molecule has 25 heavy (non-hydrogen) atoms. The molecule has 3 aromatic rings. The molecule has 1 aromatic heterocycles. The van der Waals surface area contributed by atoms with Crippen molar-refractivity contribution in [1.29, 1.82) is 0 Å². The van der Waals surface area contributed by atoms with Crippen LogP contribution in [0.2, 0.25) is 0 Å². The number of carbonyl (C=O) groups excluding carboxylic acids is 2. The monoisotopic (exact) mass is 399 g/mol. The van der Waals surface area contributed by atoms with E-state index in [0.717, 1.165) is 15.4 Å². The SMILES string of the molecule is CC(=O)Nc1cccc(NC(=O)CCn2ccc3c(Br)cccc32)c1. The first-order valence-corrected chi connectivity index (χ1v) is 8.73. The van der Waals surface area contributed by atoms with Crippen molar-refractivity contribution >= 4 is 50.0 Å². The van der Waals surface area contributed by atoms with Crippen molar-refractivity contribution in [2.24, 2.45) is 0 Å². The van der Waals surface area contributed by atoms with E-state index >= 15 is 0 Å². The van der Waals surface area contributed by atoms with Crippen LogP contribution in [0.3, 0.4) is 0 Å². The van der Waals surface area contributed by atoms with Gasteiger partial charge < -0.3 is 15.2 Å². The summed E-state index contributed by atoms with van der Waals surface area (Å²) in [5, 5.41) is 6.69. The molecule has 0 saturated carbocycles. The van der Waals surface area contributed by atoms with Gasteiger partial charge in [0.15, 0.2) is 0 Å². The van der Waals surface area contributed by atoms with Crippen LogP contribution in [0.15, 0.2) is 59.2 Å². The highest BCUT2D eigenvalue weighted by atomic mass is 79.9. The van der Waals surface area contributed by atoms with Crippen LogP contribution in [0.25, 0.3) is 10.9 Å². The number of halogens is 1. The van der Waals surface area contributed by atoms with Gasteiger partial charge in [0.1, 0.15) is 0 Å². The second-order valence-corrected chi connectivity index (χ2v) is 6.60. The summed E-state index contributed by atoms with van der Waals surface area (Å²) in [5.74, 6) is -0.217. The lowest BCUT2D eigenvalue weighted by Gasteiger charge is -2.09. The minimum absolute atomic E-state index is 0.0724. The van der Waals surface area contributed by atoms with E-state index in [1.807, 2.05) is 30.5 Å². The normalized spacial score (nSPS) is 10.6. The maximum Gasteiger partial charge on any atom is 0.226 e. The number of rotatable bonds is 5. The Morgan fingerprint density at radius 1 is 1.04 bits per heavy atom. The number of hydrogen-bond donors (Lipinski definition) is 2. The molecule has 128 valence electrons. The highest BCUT2D eigenvalue weighted by molar-refractivity contribution is 9.10. The summed E-state index contributed by atoms with van der Waals surface area (Å²) in [4.78, 5) is 23.3. The number of carbonyl (C=O) groups is 2. The minimum atomic E-state index is -0.144. The molecule has 0 spiro atoms. The molecule has 0 atom stereocenters. The maximum atomic E-state index is 12.2. The van der Waals surface area contributed by atoms with Crippen LogP contribution in [0.4, 0.5) is 11.4 Å². The molecule has 2 amide bonds. The van der Waals surface area contributed by atoms with E-state index in [4.69, 9.17) is 0 Å². The molecule has 0 aliphatic carbocycles. The molecule has 1 heterocycles. The standard InChI is InChI=1S/C19H18BrN3O2/c1-13(24)21-14-4-2-5-15(12-14)22-19(25)9-11-23-10-8-16-17(20)6-3-7-18(16)23/h2-8,10,12H,9,11H2,1H3,(H,21,24)(H,22,25). The lowest BCUT2D eigenvalue weighted by Crippen LogP contribution is -2.14. The van der Waals surface area contributed by atoms with Gasteiger partial charge in [0.05, 0.1) is 0 Å². The van der Waals surface area contributed by atoms with E-state index in [0.29, 0.717) is 24.3 Å². The minimum Gasteiger partial charge on any atom is -0.347 e. The molecule has 0 bridgehead atoms. The number of nitrogens with one attached hydrogen (secondary N) is 2. The predicted octanol–water partition coefficient (Wildman–Crippen LogP) is 4.39. The predicted molar refractivity (Wildman–Crippen MR) is 104 cm³/mol. The fraction of sp³-hybridized carbons (Fsp3) is 0.158. The Hall–Kier alpha value is -2.60. The van der Waals surface area contributed by atoms with E-state index in [1.165, 1.54) is 6.92 Å². The molecular weight excluding hydrogens is 382 g/mol. The number of amides is 2. The van der Waals surface area contributed by atoms with Gasteiger partial charge in [-0.2, -0.15) is 0 Å². The second kappa shape index (κ2) is 7.53. The number of anilines is 2. The zero-order chi connectivity index (χ0) is 17.8. The van der Waals surface area contributed by atoms with Crippen LogP contribution < -0.4 is 10.6 Å².